The van der Waals surface area contributed by atoms with Crippen LogP contribution in [-0.2, 0) is 4.74 Å². The van der Waals surface area contributed by atoms with Gasteiger partial charge in [-0.05, 0) is 6.42 Å². The Labute approximate surface area is 111 Å². The van der Waals surface area contributed by atoms with Gasteiger partial charge < -0.3 is 10.1 Å². The first-order chi connectivity index (χ1) is 9.18. The molecule has 3 heterocycles. The summed E-state index contributed by atoms with van der Waals surface area (Å²) in [7, 11) is 0. The number of rotatable bonds is 2. The Morgan fingerprint density at radius 1 is 1.42 bits per heavy atom. The minimum atomic E-state index is 0.141. The van der Waals surface area contributed by atoms with Gasteiger partial charge in [0.15, 0.2) is 5.65 Å². The van der Waals surface area contributed by atoms with E-state index in [2.05, 4.69) is 39.3 Å². The van der Waals surface area contributed by atoms with E-state index in [9.17, 15) is 0 Å². The van der Waals surface area contributed by atoms with Crippen molar-refractivity contribution in [2.45, 2.75) is 32.4 Å². The molecule has 1 saturated heterocycles. The van der Waals surface area contributed by atoms with E-state index in [0.29, 0.717) is 18.1 Å². The maximum atomic E-state index is 5.82. The number of aromatic amines is 1. The topological polar surface area (TPSA) is 75.7 Å². The molecule has 100 valence electrons. The molecule has 6 heteroatoms. The van der Waals surface area contributed by atoms with Crippen molar-refractivity contribution < 1.29 is 4.74 Å². The maximum Gasteiger partial charge on any atom is 0.160 e. The zero-order valence-corrected chi connectivity index (χ0v) is 11.1. The molecular formula is C13H17N5O. The third kappa shape index (κ3) is 1.43. The van der Waals surface area contributed by atoms with E-state index < -0.39 is 0 Å². The highest BCUT2D eigenvalue weighted by Gasteiger charge is 2.59. The molecule has 2 N–H and O–H groups in total. The fourth-order valence-electron chi connectivity index (χ4n) is 3.64. The number of ether oxygens (including phenoxy) is 1. The number of nitrogens with one attached hydrogen (secondary N) is 2. The summed E-state index contributed by atoms with van der Waals surface area (Å²) in [5.41, 5.74) is 0.913. The summed E-state index contributed by atoms with van der Waals surface area (Å²) >= 11 is 0. The highest BCUT2D eigenvalue weighted by Crippen LogP contribution is 2.53. The van der Waals surface area contributed by atoms with E-state index in [1.807, 2.05) is 0 Å². The summed E-state index contributed by atoms with van der Waals surface area (Å²) in [6.45, 7) is 5.39. The van der Waals surface area contributed by atoms with E-state index in [1.165, 1.54) is 0 Å². The number of hydrogen-bond acceptors (Lipinski definition) is 5. The van der Waals surface area contributed by atoms with Crippen LogP contribution in [-0.4, -0.2) is 38.9 Å². The van der Waals surface area contributed by atoms with E-state index in [4.69, 9.17) is 4.74 Å². The third-order valence-corrected chi connectivity index (χ3v) is 4.64. The molecule has 0 amide bonds. The average Bonchev–Trinajstić information content (AvgIpc) is 3.03. The van der Waals surface area contributed by atoms with Gasteiger partial charge in [0.05, 0.1) is 17.7 Å². The lowest BCUT2D eigenvalue weighted by Crippen LogP contribution is -2.63. The van der Waals surface area contributed by atoms with Crippen molar-refractivity contribution in [2.24, 2.45) is 11.3 Å². The molecular weight excluding hydrogens is 242 g/mol. The fraction of sp³-hybridized carbons (Fsp3) is 0.615. The summed E-state index contributed by atoms with van der Waals surface area (Å²) < 4.78 is 5.82. The summed E-state index contributed by atoms with van der Waals surface area (Å²) in [5.74, 6) is 1.45. The van der Waals surface area contributed by atoms with Crippen molar-refractivity contribution in [1.82, 2.24) is 20.2 Å². The summed E-state index contributed by atoms with van der Waals surface area (Å²) in [6.07, 6.45) is 4.85. The molecule has 1 saturated carbocycles. The summed E-state index contributed by atoms with van der Waals surface area (Å²) in [5, 5.41) is 11.4. The first-order valence-electron chi connectivity index (χ1n) is 6.70. The van der Waals surface area contributed by atoms with Gasteiger partial charge in [0.2, 0.25) is 0 Å². The van der Waals surface area contributed by atoms with E-state index in [1.54, 1.807) is 12.5 Å². The van der Waals surface area contributed by atoms with Crippen LogP contribution in [0.4, 0.5) is 5.82 Å². The molecule has 4 rings (SSSR count). The Morgan fingerprint density at radius 3 is 3.21 bits per heavy atom. The molecule has 2 aromatic rings. The quantitative estimate of drug-likeness (QED) is 0.856. The SMILES string of the molecule is CC1(C)[C@H](Nc2ncnc3[nH]ncc23)[C@@H]2CCO[C@@H]21. The maximum absolute atomic E-state index is 5.82. The fourth-order valence-corrected chi connectivity index (χ4v) is 3.64. The van der Waals surface area contributed by atoms with Gasteiger partial charge in [-0.25, -0.2) is 9.97 Å². The largest absolute Gasteiger partial charge is 0.377 e. The molecule has 2 aliphatic rings. The molecule has 2 aromatic heterocycles. The van der Waals surface area contributed by atoms with Crippen LogP contribution in [0.15, 0.2) is 12.5 Å². The molecule has 0 radical (unpaired) electrons. The van der Waals surface area contributed by atoms with Crippen LogP contribution in [0.25, 0.3) is 11.0 Å². The van der Waals surface area contributed by atoms with Gasteiger partial charge in [-0.15, -0.1) is 0 Å². The number of aromatic nitrogens is 4. The summed E-state index contributed by atoms with van der Waals surface area (Å²) in [4.78, 5) is 8.52. The average molecular weight is 259 g/mol. The van der Waals surface area contributed by atoms with Crippen LogP contribution in [0.3, 0.4) is 0 Å². The van der Waals surface area contributed by atoms with E-state index >= 15 is 0 Å². The Balaban J connectivity index is 1.66. The van der Waals surface area contributed by atoms with Crippen molar-refractivity contribution in [3.8, 4) is 0 Å². The predicted molar refractivity (Wildman–Crippen MR) is 70.7 cm³/mol. The van der Waals surface area contributed by atoms with Crippen LogP contribution >= 0.6 is 0 Å². The molecule has 0 spiro atoms. The normalized spacial score (nSPS) is 32.0. The second-order valence-electron chi connectivity index (χ2n) is 6.04. The number of hydrogen-bond donors (Lipinski definition) is 2. The molecule has 3 atom stereocenters. The van der Waals surface area contributed by atoms with Gasteiger partial charge in [0, 0.05) is 24.0 Å². The zero-order chi connectivity index (χ0) is 13.0. The van der Waals surface area contributed by atoms with Gasteiger partial charge >= 0.3 is 0 Å². The van der Waals surface area contributed by atoms with Crippen LogP contribution in [0.2, 0.25) is 0 Å². The lowest BCUT2D eigenvalue weighted by Gasteiger charge is -2.54. The van der Waals surface area contributed by atoms with Crippen molar-refractivity contribution in [3.63, 3.8) is 0 Å². The van der Waals surface area contributed by atoms with Crippen molar-refractivity contribution in [3.05, 3.63) is 12.5 Å². The van der Waals surface area contributed by atoms with Gasteiger partial charge in [-0.1, -0.05) is 13.8 Å². The van der Waals surface area contributed by atoms with Gasteiger partial charge in [0.1, 0.15) is 12.1 Å². The Morgan fingerprint density at radius 2 is 2.32 bits per heavy atom. The van der Waals surface area contributed by atoms with Crippen LogP contribution in [0.1, 0.15) is 20.3 Å². The van der Waals surface area contributed by atoms with E-state index in [-0.39, 0.29) is 5.41 Å². The molecule has 0 bridgehead atoms. The Bertz CT molecular complexity index is 622. The highest BCUT2D eigenvalue weighted by molar-refractivity contribution is 5.85. The molecule has 1 aliphatic heterocycles. The molecule has 0 aromatic carbocycles. The first kappa shape index (κ1) is 11.2. The highest BCUT2D eigenvalue weighted by atomic mass is 16.5. The number of H-pyrrole nitrogens is 1. The lowest BCUT2D eigenvalue weighted by atomic mass is 9.57. The lowest BCUT2D eigenvalue weighted by molar-refractivity contribution is -0.0923. The smallest absolute Gasteiger partial charge is 0.160 e. The van der Waals surface area contributed by atoms with Gasteiger partial charge in [0.25, 0.3) is 0 Å². The van der Waals surface area contributed by atoms with Gasteiger partial charge in [-0.2, -0.15) is 5.10 Å². The Kier molecular flexibility index (Phi) is 2.15. The summed E-state index contributed by atoms with van der Waals surface area (Å²) in [6, 6.07) is 0.396. The third-order valence-electron chi connectivity index (χ3n) is 4.64. The zero-order valence-electron chi connectivity index (χ0n) is 11.1. The van der Waals surface area contributed by atoms with Crippen molar-refractivity contribution >= 4 is 16.9 Å². The Hall–Kier alpha value is -1.69. The second kappa shape index (κ2) is 3.66. The van der Waals surface area contributed by atoms with Crippen LogP contribution in [0, 0.1) is 11.3 Å². The van der Waals surface area contributed by atoms with Crippen LogP contribution in [0.5, 0.6) is 0 Å². The van der Waals surface area contributed by atoms with Crippen molar-refractivity contribution in [2.75, 3.05) is 11.9 Å². The molecule has 2 fully saturated rings. The first-order valence-corrected chi connectivity index (χ1v) is 6.70. The minimum Gasteiger partial charge on any atom is -0.377 e. The van der Waals surface area contributed by atoms with Crippen molar-refractivity contribution in [1.29, 1.82) is 0 Å². The van der Waals surface area contributed by atoms with Gasteiger partial charge in [-0.3, -0.25) is 5.10 Å². The second-order valence-corrected chi connectivity index (χ2v) is 6.04. The van der Waals surface area contributed by atoms with E-state index in [0.717, 1.165) is 29.9 Å². The molecule has 6 nitrogen and oxygen atoms in total. The minimum absolute atomic E-state index is 0.141. The number of anilines is 1. The number of fused-ring (bicyclic) bond motifs is 2. The monoisotopic (exact) mass is 259 g/mol. The van der Waals surface area contributed by atoms with Crippen LogP contribution < -0.4 is 5.32 Å². The standard InChI is InChI=1S/C13H17N5O/c1-13(2)9(7-3-4-19-10(7)13)17-11-8-5-16-18-12(8)15-6-14-11/h5-7,9-10H,3-4H2,1-2H3,(H2,14,15,16,17,18)/t7-,9+,10-/m0/s1. The molecule has 0 unspecified atom stereocenters. The molecule has 1 aliphatic carbocycles. The predicted octanol–water partition coefficient (Wildman–Crippen LogP) is 1.58. The number of nitrogens with zero attached hydrogens (tertiary/aromatic N) is 3. The molecule has 19 heavy (non-hydrogen) atoms.